The first-order valence-electron chi connectivity index (χ1n) is 9.07. The van der Waals surface area contributed by atoms with Crippen molar-refractivity contribution in [3.8, 4) is 28.4 Å². The van der Waals surface area contributed by atoms with Crippen LogP contribution in [-0.2, 0) is 0 Å². The molecule has 1 amide bonds. The van der Waals surface area contributed by atoms with E-state index in [-0.39, 0.29) is 23.9 Å². The molecule has 0 aliphatic heterocycles. The number of alkyl halides is 3. The molecule has 162 valence electrons. The number of rotatable bonds is 6. The zero-order valence-corrected chi connectivity index (χ0v) is 16.9. The van der Waals surface area contributed by atoms with Crippen LogP contribution in [0.2, 0.25) is 5.02 Å². The molecule has 0 radical (unpaired) electrons. The van der Waals surface area contributed by atoms with E-state index in [9.17, 15) is 23.1 Å². The molecule has 0 fully saturated rings. The highest BCUT2D eigenvalue weighted by molar-refractivity contribution is 6.30. The minimum atomic E-state index is -4.80. The van der Waals surface area contributed by atoms with Crippen LogP contribution in [0, 0.1) is 0 Å². The number of aliphatic hydroxyl groups excluding tert-OH is 1. The number of carbonyl (C=O) groups excluding carboxylic acids is 1. The molecule has 1 aromatic heterocycles. The van der Waals surface area contributed by atoms with E-state index in [1.54, 1.807) is 31.2 Å². The third kappa shape index (κ3) is 6.16. The average molecular weight is 452 g/mol. The zero-order valence-electron chi connectivity index (χ0n) is 16.2. The molecule has 10 heteroatoms. The van der Waals surface area contributed by atoms with Gasteiger partial charge in [0.1, 0.15) is 11.4 Å². The van der Waals surface area contributed by atoms with E-state index in [4.69, 9.17) is 11.6 Å². The van der Waals surface area contributed by atoms with Crippen molar-refractivity contribution in [3.63, 3.8) is 0 Å². The standard InChI is InChI=1S/C21H17ClF3N3O3/c1-12(11-29)26-20(30)18-10-17(13-5-7-16(8-6-13)31-21(23,24)25)27-19(28-18)14-3-2-4-15(22)9-14/h2-10,12,29H,11H2,1H3,(H,26,30). The van der Waals surface area contributed by atoms with Crippen LogP contribution in [0.4, 0.5) is 13.2 Å². The van der Waals surface area contributed by atoms with Crippen LogP contribution in [-0.4, -0.2) is 40.0 Å². The Morgan fingerprint density at radius 2 is 1.84 bits per heavy atom. The second-order valence-electron chi connectivity index (χ2n) is 6.60. The number of ether oxygens (including phenoxy) is 1. The van der Waals surface area contributed by atoms with Crippen molar-refractivity contribution >= 4 is 17.5 Å². The highest BCUT2D eigenvalue weighted by Gasteiger charge is 2.31. The lowest BCUT2D eigenvalue weighted by molar-refractivity contribution is -0.274. The quantitative estimate of drug-likeness (QED) is 0.577. The molecule has 1 unspecified atom stereocenters. The monoisotopic (exact) mass is 451 g/mol. The number of amides is 1. The van der Waals surface area contributed by atoms with E-state index < -0.39 is 18.3 Å². The Morgan fingerprint density at radius 3 is 2.45 bits per heavy atom. The van der Waals surface area contributed by atoms with E-state index in [2.05, 4.69) is 20.0 Å². The maximum atomic E-state index is 12.6. The number of hydrogen-bond donors (Lipinski definition) is 2. The third-order valence-electron chi connectivity index (χ3n) is 4.08. The Kier molecular flexibility index (Phi) is 6.77. The first-order valence-corrected chi connectivity index (χ1v) is 9.45. The predicted octanol–water partition coefficient (Wildman–Crippen LogP) is 4.47. The third-order valence-corrected chi connectivity index (χ3v) is 4.31. The summed E-state index contributed by atoms with van der Waals surface area (Å²) in [4.78, 5) is 21.3. The Bertz CT molecular complexity index is 1080. The first kappa shape index (κ1) is 22.5. The molecular formula is C21H17ClF3N3O3. The zero-order chi connectivity index (χ0) is 22.6. The maximum Gasteiger partial charge on any atom is 0.573 e. The van der Waals surface area contributed by atoms with E-state index in [0.29, 0.717) is 21.8 Å². The summed E-state index contributed by atoms with van der Waals surface area (Å²) in [5.41, 5.74) is 1.33. The lowest BCUT2D eigenvalue weighted by Gasteiger charge is -2.13. The van der Waals surface area contributed by atoms with Crippen LogP contribution >= 0.6 is 11.6 Å². The number of aliphatic hydroxyl groups is 1. The molecule has 1 heterocycles. The van der Waals surface area contributed by atoms with E-state index >= 15 is 0 Å². The Hall–Kier alpha value is -3.17. The van der Waals surface area contributed by atoms with Gasteiger partial charge in [-0.2, -0.15) is 0 Å². The normalized spacial score (nSPS) is 12.3. The summed E-state index contributed by atoms with van der Waals surface area (Å²) >= 11 is 6.04. The van der Waals surface area contributed by atoms with Gasteiger partial charge in [-0.25, -0.2) is 9.97 Å². The summed E-state index contributed by atoms with van der Waals surface area (Å²) in [5, 5.41) is 12.2. The average Bonchev–Trinajstić information content (AvgIpc) is 2.72. The van der Waals surface area contributed by atoms with Crippen LogP contribution < -0.4 is 10.1 Å². The molecule has 2 N–H and O–H groups in total. The first-order chi connectivity index (χ1) is 14.6. The number of nitrogens with zero attached hydrogens (tertiary/aromatic N) is 2. The minimum absolute atomic E-state index is 0.0240. The van der Waals surface area contributed by atoms with E-state index in [0.717, 1.165) is 12.1 Å². The second kappa shape index (κ2) is 9.32. The summed E-state index contributed by atoms with van der Waals surface area (Å²) < 4.78 is 41.1. The van der Waals surface area contributed by atoms with E-state index in [1.807, 2.05) is 0 Å². The molecule has 0 saturated heterocycles. The summed E-state index contributed by atoms with van der Waals surface area (Å²) in [5.74, 6) is -0.710. The SMILES string of the molecule is CC(CO)NC(=O)c1cc(-c2ccc(OC(F)(F)F)cc2)nc(-c2cccc(Cl)c2)n1. The van der Waals surface area contributed by atoms with Gasteiger partial charge >= 0.3 is 6.36 Å². The van der Waals surface area contributed by atoms with Gasteiger partial charge in [-0.15, -0.1) is 13.2 Å². The summed E-state index contributed by atoms with van der Waals surface area (Å²) in [6.45, 7) is 1.36. The van der Waals surface area contributed by atoms with Crippen molar-refractivity contribution in [1.29, 1.82) is 0 Å². The number of hydrogen-bond acceptors (Lipinski definition) is 5. The van der Waals surface area contributed by atoms with Crippen molar-refractivity contribution < 1.29 is 27.8 Å². The number of nitrogens with one attached hydrogen (secondary N) is 1. The van der Waals surface area contributed by atoms with Gasteiger partial charge in [0.2, 0.25) is 0 Å². The number of benzene rings is 2. The maximum absolute atomic E-state index is 12.6. The lowest BCUT2D eigenvalue weighted by atomic mass is 10.1. The van der Waals surface area contributed by atoms with Gasteiger partial charge in [0.05, 0.1) is 12.3 Å². The van der Waals surface area contributed by atoms with Gasteiger partial charge in [0.25, 0.3) is 5.91 Å². The van der Waals surface area contributed by atoms with Gasteiger partial charge in [-0.05, 0) is 49.4 Å². The molecular weight excluding hydrogens is 435 g/mol. The highest BCUT2D eigenvalue weighted by Crippen LogP contribution is 2.28. The van der Waals surface area contributed by atoms with Crippen LogP contribution in [0.1, 0.15) is 17.4 Å². The van der Waals surface area contributed by atoms with Gasteiger partial charge in [-0.1, -0.05) is 23.7 Å². The van der Waals surface area contributed by atoms with Crippen LogP contribution in [0.3, 0.4) is 0 Å². The second-order valence-corrected chi connectivity index (χ2v) is 7.04. The molecule has 0 spiro atoms. The molecule has 1 atom stereocenters. The van der Waals surface area contributed by atoms with Crippen molar-refractivity contribution in [3.05, 3.63) is 65.3 Å². The summed E-state index contributed by atoms with van der Waals surface area (Å²) in [7, 11) is 0. The fourth-order valence-corrected chi connectivity index (χ4v) is 2.83. The Labute approximate surface area is 180 Å². The van der Waals surface area contributed by atoms with Crippen molar-refractivity contribution in [2.75, 3.05) is 6.61 Å². The van der Waals surface area contributed by atoms with Gasteiger partial charge in [0, 0.05) is 22.2 Å². The smallest absolute Gasteiger partial charge is 0.406 e. The van der Waals surface area contributed by atoms with Crippen molar-refractivity contribution in [2.24, 2.45) is 0 Å². The van der Waals surface area contributed by atoms with Gasteiger partial charge < -0.3 is 15.2 Å². The molecule has 2 aromatic carbocycles. The Morgan fingerprint density at radius 1 is 1.13 bits per heavy atom. The largest absolute Gasteiger partial charge is 0.573 e. The predicted molar refractivity (Wildman–Crippen MR) is 109 cm³/mol. The van der Waals surface area contributed by atoms with Crippen molar-refractivity contribution in [1.82, 2.24) is 15.3 Å². The molecule has 3 aromatic rings. The molecule has 6 nitrogen and oxygen atoms in total. The molecule has 0 bridgehead atoms. The molecule has 3 rings (SSSR count). The molecule has 0 aliphatic rings. The summed E-state index contributed by atoms with van der Waals surface area (Å²) in [6, 6.07) is 12.7. The number of halogens is 4. The molecule has 31 heavy (non-hydrogen) atoms. The Balaban J connectivity index is 2.03. The van der Waals surface area contributed by atoms with Crippen LogP contribution in [0.15, 0.2) is 54.6 Å². The van der Waals surface area contributed by atoms with Gasteiger partial charge in [-0.3, -0.25) is 4.79 Å². The highest BCUT2D eigenvalue weighted by atomic mass is 35.5. The number of carbonyl (C=O) groups is 1. The molecule has 0 saturated carbocycles. The van der Waals surface area contributed by atoms with E-state index in [1.165, 1.54) is 18.2 Å². The topological polar surface area (TPSA) is 84.3 Å². The van der Waals surface area contributed by atoms with Crippen molar-refractivity contribution in [2.45, 2.75) is 19.3 Å². The molecule has 0 aliphatic carbocycles. The van der Waals surface area contributed by atoms with Gasteiger partial charge in [0.15, 0.2) is 5.82 Å². The lowest BCUT2D eigenvalue weighted by Crippen LogP contribution is -2.35. The minimum Gasteiger partial charge on any atom is -0.406 e. The van der Waals surface area contributed by atoms with Crippen LogP contribution in [0.5, 0.6) is 5.75 Å². The van der Waals surface area contributed by atoms with Crippen LogP contribution in [0.25, 0.3) is 22.6 Å². The summed E-state index contributed by atoms with van der Waals surface area (Å²) in [6.07, 6.45) is -4.80. The fourth-order valence-electron chi connectivity index (χ4n) is 2.64. The fraction of sp³-hybridized carbons (Fsp3) is 0.190. The number of aromatic nitrogens is 2.